The number of esters is 2. The summed E-state index contributed by atoms with van der Waals surface area (Å²) in [4.78, 5) is 46.8. The predicted octanol–water partition coefficient (Wildman–Crippen LogP) is 14.4. The maximum atomic E-state index is 11.1. The van der Waals surface area contributed by atoms with Gasteiger partial charge in [-0.15, -0.1) is 0 Å². The minimum atomic E-state index is -0.833. The number of allylic oxidation sites excluding steroid dienone is 8. The fourth-order valence-corrected chi connectivity index (χ4v) is 11.3. The maximum absolute atomic E-state index is 11.1. The van der Waals surface area contributed by atoms with Gasteiger partial charge in [-0.1, -0.05) is 111 Å². The normalized spacial score (nSPS) is 14.6. The zero-order chi connectivity index (χ0) is 69.4. The summed E-state index contributed by atoms with van der Waals surface area (Å²) in [6.07, 6.45) is 0. The van der Waals surface area contributed by atoms with Crippen molar-refractivity contribution < 1.29 is 48.5 Å². The summed E-state index contributed by atoms with van der Waals surface area (Å²) in [6.45, 7) is 69.7. The SMILES string of the molecule is C.C=C1C(=C)c2c(C)c(C)c3c4c(c(C)c(C)c1c24)C(=C)C3=C.C=C1C(=C)c2c(C)c(C)c3c4c(c(C)c(C)c1c24)C(=C)C3=C.C=[N+](C)C.CC(=O)O.CCN(C)C(C)C(=O)OC.CCN(C)CC.CNCC(=O)O.CO.COC(=O)C1CN1Cc1ccccc1. The molecule has 4 N–H and O–H groups in total. The van der Waals surface area contributed by atoms with E-state index in [1.807, 2.05) is 58.1 Å². The van der Waals surface area contributed by atoms with E-state index in [0.717, 1.165) is 91.3 Å². The number of carboxylic acid groups (broad SMARTS) is 2. The number of aliphatic carboxylic acids is 2. The van der Waals surface area contributed by atoms with Gasteiger partial charge in [-0.05, 0) is 264 Å². The Morgan fingerprint density at radius 2 is 0.846 bits per heavy atom. The van der Waals surface area contributed by atoms with E-state index in [2.05, 4.69) is 172 Å². The lowest BCUT2D eigenvalue weighted by molar-refractivity contribution is -0.454. The highest BCUT2D eigenvalue weighted by Crippen LogP contribution is 2.58. The zero-order valence-electron chi connectivity index (χ0n) is 58.2. The molecule has 0 radical (unpaired) electrons. The number of ether oxygens (including phenoxy) is 2. The van der Waals surface area contributed by atoms with Gasteiger partial charge in [0.1, 0.15) is 32.9 Å². The number of nitrogens with one attached hydrogen (secondary N) is 1. The van der Waals surface area contributed by atoms with Crippen molar-refractivity contribution in [2.24, 2.45) is 0 Å². The number of carbonyl (C=O) groups is 4. The van der Waals surface area contributed by atoms with E-state index < -0.39 is 11.9 Å². The van der Waals surface area contributed by atoms with Gasteiger partial charge in [0, 0.05) is 27.1 Å². The van der Waals surface area contributed by atoms with E-state index in [0.29, 0.717) is 0 Å². The second kappa shape index (κ2) is 35.5. The van der Waals surface area contributed by atoms with Crippen LogP contribution in [0.1, 0.15) is 137 Å². The van der Waals surface area contributed by atoms with Gasteiger partial charge in [0.25, 0.3) is 5.97 Å². The molecule has 1 fully saturated rings. The van der Waals surface area contributed by atoms with Gasteiger partial charge in [-0.2, -0.15) is 0 Å². The Balaban J connectivity index is 0.000000559. The summed E-state index contributed by atoms with van der Waals surface area (Å²) in [7, 11) is 13.2. The lowest BCUT2D eigenvalue weighted by Crippen LogP contribution is -2.36. The number of methoxy groups -OCH3 is 2. The first-order valence-electron chi connectivity index (χ1n) is 30.1. The molecule has 0 bridgehead atoms. The topological polar surface area (TPSA) is 172 Å². The van der Waals surface area contributed by atoms with Crippen molar-refractivity contribution in [3.05, 3.63) is 178 Å². The third-order valence-corrected chi connectivity index (χ3v) is 17.1. The number of carboxylic acids is 2. The summed E-state index contributed by atoms with van der Waals surface area (Å²) >= 11 is 0. The Morgan fingerprint density at radius 1 is 0.582 bits per heavy atom. The van der Waals surface area contributed by atoms with Crippen LogP contribution in [0.15, 0.2) is 83.0 Å². The van der Waals surface area contributed by atoms with E-state index >= 15 is 0 Å². The molecule has 10 rings (SSSR count). The van der Waals surface area contributed by atoms with E-state index in [-0.39, 0.29) is 38.0 Å². The highest BCUT2D eigenvalue weighted by molar-refractivity contribution is 6.33. The van der Waals surface area contributed by atoms with Gasteiger partial charge in [0.15, 0.2) is 0 Å². The number of rotatable bonds is 10. The standard InChI is InChI=1S/2C22H20.C11H13NO2.C7H15NO2.C5H13N.C3H7NO2.C3H8N.C2H4O2.CH4O.CH4/c2*1-9-10(2)18-15(7)16(8)20-12(4)11(3)19-14(6)13(5)17(9)21(18)22(19)20;1-14-11(13)10-8-12(10)7-9-5-3-2-4-6-9;1-5-8(3)6(2)7(9)10-4;1-4-6(3)5-2;1-4-2-3(5)6;1-4(2)3;1-2(3)4;1-2;/h2*1-4H2,5-8H3;2-6,10H,7-8H2,1H3;6H,5H2,1-4H3;4-5H2,1-3H3;4H,2H2,1H3,(H,5,6);1H2,2-3H3;1H3,(H,3,4);2H,1H3;1H4/q;;;;;;+1;;;. The molecule has 14 nitrogen and oxygen atoms in total. The van der Waals surface area contributed by atoms with Crippen LogP contribution >= 0.6 is 0 Å². The van der Waals surface area contributed by atoms with Crippen LogP contribution < -0.4 is 5.32 Å². The molecule has 0 amide bonds. The summed E-state index contributed by atoms with van der Waals surface area (Å²) < 4.78 is 11.0. The summed E-state index contributed by atoms with van der Waals surface area (Å²) in [5, 5.41) is 30.0. The molecule has 5 aromatic rings. The summed E-state index contributed by atoms with van der Waals surface area (Å²) in [6, 6.07) is 9.98. The van der Waals surface area contributed by atoms with Crippen molar-refractivity contribution in [1.29, 1.82) is 0 Å². The van der Waals surface area contributed by atoms with Crippen LogP contribution in [-0.4, -0.2) is 167 Å². The molecule has 0 saturated carbocycles. The molecule has 91 heavy (non-hydrogen) atoms. The number of aliphatic hydroxyl groups is 1. The Kier molecular flexibility index (Phi) is 31.5. The van der Waals surface area contributed by atoms with Crippen LogP contribution in [0.25, 0.3) is 66.1 Å². The second-order valence-electron chi connectivity index (χ2n) is 23.1. The van der Waals surface area contributed by atoms with Gasteiger partial charge in [-0.25, -0.2) is 4.58 Å². The van der Waals surface area contributed by atoms with Crippen molar-refractivity contribution in [1.82, 2.24) is 20.0 Å². The van der Waals surface area contributed by atoms with Crippen molar-refractivity contribution in [2.45, 2.75) is 116 Å². The molecule has 1 aliphatic heterocycles. The van der Waals surface area contributed by atoms with Gasteiger partial charge < -0.3 is 35.0 Å². The van der Waals surface area contributed by atoms with Gasteiger partial charge in [0.2, 0.25) is 0 Å². The maximum Gasteiger partial charge on any atom is 0.324 e. The Hall–Kier alpha value is -8.11. The molecule has 5 aromatic carbocycles. The lowest BCUT2D eigenvalue weighted by Gasteiger charge is -2.19. The second-order valence-corrected chi connectivity index (χ2v) is 23.1. The number of aliphatic hydroxyl groups excluding tert-OH is 1. The number of benzene rings is 5. The quantitative estimate of drug-likeness (QED) is 0.0451. The molecule has 0 aromatic heterocycles. The molecule has 0 spiro atoms. The minimum absolute atomic E-state index is 0. The predicted molar refractivity (Wildman–Crippen MR) is 388 cm³/mol. The third kappa shape index (κ3) is 17.9. The molecular weight excluding hydrogens is 1140 g/mol. The van der Waals surface area contributed by atoms with E-state index in [9.17, 15) is 14.4 Å². The zero-order valence-corrected chi connectivity index (χ0v) is 58.2. The van der Waals surface area contributed by atoms with Crippen LogP contribution in [-0.2, 0) is 35.2 Å². The molecule has 494 valence electrons. The third-order valence-electron chi connectivity index (χ3n) is 17.1. The Morgan fingerprint density at radius 3 is 1.02 bits per heavy atom. The van der Waals surface area contributed by atoms with Crippen LogP contribution in [0.5, 0.6) is 0 Å². The van der Waals surface area contributed by atoms with Gasteiger partial charge in [-0.3, -0.25) is 29.0 Å². The first kappa shape index (κ1) is 80.9. The fourth-order valence-electron chi connectivity index (χ4n) is 11.3. The molecular formula is C77H108N5O9+. The van der Waals surface area contributed by atoms with Crippen molar-refractivity contribution in [3.63, 3.8) is 0 Å². The van der Waals surface area contributed by atoms with Crippen LogP contribution in [0.2, 0.25) is 0 Å². The number of carbonyl (C=O) groups excluding carboxylic acids is 2. The minimum Gasteiger partial charge on any atom is -0.481 e. The number of hydrogen-bond acceptors (Lipinski definition) is 11. The molecule has 14 heteroatoms. The van der Waals surface area contributed by atoms with Crippen molar-refractivity contribution in [2.75, 3.05) is 89.3 Å². The monoisotopic (exact) mass is 1250 g/mol. The van der Waals surface area contributed by atoms with E-state index in [1.54, 1.807) is 11.6 Å². The number of likely N-dealkylation sites (N-methyl/N-ethyl adjacent to an activating group) is 2. The Labute approximate surface area is 545 Å². The van der Waals surface area contributed by atoms with Gasteiger partial charge >= 0.3 is 17.9 Å². The van der Waals surface area contributed by atoms with E-state index in [4.69, 9.17) is 20.1 Å². The fraction of sp³-hybridized carbons (Fsp3) is 0.390. The summed E-state index contributed by atoms with van der Waals surface area (Å²) in [5.41, 5.74) is 30.5. The molecule has 1 heterocycles. The summed E-state index contributed by atoms with van der Waals surface area (Å²) in [5.74, 6) is -1.96. The highest BCUT2D eigenvalue weighted by atomic mass is 16.5. The van der Waals surface area contributed by atoms with Crippen LogP contribution in [0.4, 0.5) is 0 Å². The smallest absolute Gasteiger partial charge is 0.324 e. The van der Waals surface area contributed by atoms with E-state index in [1.165, 1.54) is 130 Å². The highest BCUT2D eigenvalue weighted by Gasteiger charge is 2.41. The molecule has 3 unspecified atom stereocenters. The van der Waals surface area contributed by atoms with Crippen molar-refractivity contribution in [3.8, 4) is 0 Å². The van der Waals surface area contributed by atoms with Gasteiger partial charge in [0.05, 0.1) is 20.8 Å². The van der Waals surface area contributed by atoms with Crippen molar-refractivity contribution >= 4 is 96.7 Å². The molecule has 4 aliphatic carbocycles. The molecule has 1 saturated heterocycles. The molecule has 5 aliphatic rings. The Bertz CT molecular complexity index is 3180. The first-order valence-corrected chi connectivity index (χ1v) is 30.1. The number of nitrogens with zero attached hydrogens (tertiary/aromatic N) is 4. The average Bonchev–Trinajstić information content (AvgIpc) is 1.55. The first-order chi connectivity index (χ1) is 42.1. The largest absolute Gasteiger partial charge is 0.481 e. The van der Waals surface area contributed by atoms with Crippen LogP contribution in [0, 0.1) is 55.4 Å². The lowest BCUT2D eigenvalue weighted by atomic mass is 9.88. The van der Waals surface area contributed by atoms with Crippen LogP contribution in [0.3, 0.4) is 0 Å². The average molecular weight is 1250 g/mol. The number of hydrogen-bond donors (Lipinski definition) is 4. The molecule has 3 atom stereocenters.